The molecule has 1 atom stereocenters. The van der Waals surface area contributed by atoms with Gasteiger partial charge in [-0.15, -0.1) is 0 Å². The molecule has 28 heavy (non-hydrogen) atoms. The largest absolute Gasteiger partial charge is 0.457 e. The monoisotopic (exact) mass is 393 g/mol. The van der Waals surface area contributed by atoms with Crippen LogP contribution >= 0.6 is 11.7 Å². The predicted molar refractivity (Wildman–Crippen MR) is 106 cm³/mol. The van der Waals surface area contributed by atoms with Gasteiger partial charge < -0.3 is 9.64 Å². The third-order valence-corrected chi connectivity index (χ3v) is 5.26. The summed E-state index contributed by atoms with van der Waals surface area (Å²) in [6.45, 7) is 1.06. The standard InChI is InChI=1S/C21H19N3O3S/c25-20(15-8-10-18(11-9-15)27-17-6-2-1-3-7-17)16-5-4-12-24(14-16)21(26)19-13-22-28-23-19/h1-3,6-11,13,16H,4-5,12,14H2/t16-/m1/s1. The first-order chi connectivity index (χ1) is 13.7. The van der Waals surface area contributed by atoms with Crippen molar-refractivity contribution in [2.45, 2.75) is 12.8 Å². The quantitative estimate of drug-likeness (QED) is 0.611. The minimum atomic E-state index is -0.204. The molecule has 2 aromatic carbocycles. The van der Waals surface area contributed by atoms with Crippen LogP contribution in [-0.2, 0) is 0 Å². The molecule has 1 aliphatic heterocycles. The van der Waals surface area contributed by atoms with E-state index >= 15 is 0 Å². The molecule has 0 bridgehead atoms. The third-order valence-electron chi connectivity index (χ3n) is 4.78. The van der Waals surface area contributed by atoms with E-state index in [9.17, 15) is 9.59 Å². The summed E-state index contributed by atoms with van der Waals surface area (Å²) in [6, 6.07) is 16.7. The summed E-state index contributed by atoms with van der Waals surface area (Å²) in [5.74, 6) is 1.13. The van der Waals surface area contributed by atoms with Crippen molar-refractivity contribution in [1.29, 1.82) is 0 Å². The summed E-state index contributed by atoms with van der Waals surface area (Å²) < 4.78 is 13.7. The molecule has 1 saturated heterocycles. The molecule has 6 nitrogen and oxygen atoms in total. The highest BCUT2D eigenvalue weighted by molar-refractivity contribution is 6.99. The number of amides is 1. The third kappa shape index (κ3) is 4.09. The first kappa shape index (κ1) is 18.3. The van der Waals surface area contributed by atoms with Gasteiger partial charge in [-0.05, 0) is 49.2 Å². The van der Waals surface area contributed by atoms with Gasteiger partial charge in [-0.2, -0.15) is 8.75 Å². The number of carbonyl (C=O) groups excluding carboxylic acids is 2. The average Bonchev–Trinajstić information content (AvgIpc) is 3.29. The summed E-state index contributed by atoms with van der Waals surface area (Å²) >= 11 is 1.01. The van der Waals surface area contributed by atoms with E-state index in [1.54, 1.807) is 29.2 Å². The van der Waals surface area contributed by atoms with Crippen LogP contribution in [0.1, 0.15) is 33.7 Å². The second-order valence-corrected chi connectivity index (χ2v) is 7.24. The van der Waals surface area contributed by atoms with Crippen LogP contribution in [0.2, 0.25) is 0 Å². The Morgan fingerprint density at radius 3 is 2.50 bits per heavy atom. The minimum absolute atomic E-state index is 0.0557. The lowest BCUT2D eigenvalue weighted by Gasteiger charge is -2.31. The van der Waals surface area contributed by atoms with Gasteiger partial charge in [0.25, 0.3) is 5.91 Å². The summed E-state index contributed by atoms with van der Waals surface area (Å²) in [5, 5.41) is 0. The number of hydrogen-bond donors (Lipinski definition) is 0. The number of aromatic nitrogens is 2. The summed E-state index contributed by atoms with van der Waals surface area (Å²) in [4.78, 5) is 27.1. The van der Waals surface area contributed by atoms with Gasteiger partial charge in [-0.1, -0.05) is 18.2 Å². The molecule has 1 amide bonds. The molecule has 0 saturated carbocycles. The van der Waals surface area contributed by atoms with Crippen molar-refractivity contribution in [2.24, 2.45) is 5.92 Å². The zero-order valence-electron chi connectivity index (χ0n) is 15.2. The fourth-order valence-corrected chi connectivity index (χ4v) is 3.75. The van der Waals surface area contributed by atoms with E-state index < -0.39 is 0 Å². The van der Waals surface area contributed by atoms with Crippen LogP contribution < -0.4 is 4.74 Å². The number of ketones is 1. The zero-order valence-corrected chi connectivity index (χ0v) is 16.0. The van der Waals surface area contributed by atoms with E-state index in [-0.39, 0.29) is 17.6 Å². The van der Waals surface area contributed by atoms with Gasteiger partial charge in [0, 0.05) is 24.6 Å². The first-order valence-corrected chi connectivity index (χ1v) is 9.88. The molecule has 0 N–H and O–H groups in total. The molecule has 1 aromatic heterocycles. The maximum atomic E-state index is 12.9. The highest BCUT2D eigenvalue weighted by atomic mass is 32.1. The molecule has 0 aliphatic carbocycles. The normalized spacial score (nSPS) is 16.6. The highest BCUT2D eigenvalue weighted by Gasteiger charge is 2.30. The summed E-state index contributed by atoms with van der Waals surface area (Å²) in [5.41, 5.74) is 0.982. The van der Waals surface area contributed by atoms with E-state index in [1.165, 1.54) is 6.20 Å². The van der Waals surface area contributed by atoms with Gasteiger partial charge >= 0.3 is 0 Å². The van der Waals surface area contributed by atoms with Crippen molar-refractivity contribution in [1.82, 2.24) is 13.6 Å². The lowest BCUT2D eigenvalue weighted by atomic mass is 9.90. The van der Waals surface area contributed by atoms with Gasteiger partial charge in [0.2, 0.25) is 0 Å². The lowest BCUT2D eigenvalue weighted by molar-refractivity contribution is 0.0633. The van der Waals surface area contributed by atoms with Crippen LogP contribution in [0.3, 0.4) is 0 Å². The van der Waals surface area contributed by atoms with E-state index in [0.717, 1.165) is 30.3 Å². The number of carbonyl (C=O) groups is 2. The van der Waals surface area contributed by atoms with Crippen molar-refractivity contribution in [3.8, 4) is 11.5 Å². The number of ether oxygens (including phenoxy) is 1. The summed E-state index contributed by atoms with van der Waals surface area (Å²) in [7, 11) is 0. The molecule has 0 unspecified atom stereocenters. The molecule has 3 aromatic rings. The molecule has 0 spiro atoms. The zero-order chi connectivity index (χ0) is 19.3. The number of hydrogen-bond acceptors (Lipinski definition) is 6. The Morgan fingerprint density at radius 2 is 1.79 bits per heavy atom. The Hall–Kier alpha value is -3.06. The highest BCUT2D eigenvalue weighted by Crippen LogP contribution is 2.25. The minimum Gasteiger partial charge on any atom is -0.457 e. The predicted octanol–water partition coefficient (Wildman–Crippen LogP) is 4.07. The fourth-order valence-electron chi connectivity index (χ4n) is 3.34. The van der Waals surface area contributed by atoms with Crippen molar-refractivity contribution in [3.05, 3.63) is 72.1 Å². The molecule has 7 heteroatoms. The van der Waals surface area contributed by atoms with E-state index in [0.29, 0.717) is 30.1 Å². The molecular weight excluding hydrogens is 374 g/mol. The Balaban J connectivity index is 1.41. The van der Waals surface area contributed by atoms with Gasteiger partial charge in [0.1, 0.15) is 11.5 Å². The Bertz CT molecular complexity index is 943. The van der Waals surface area contributed by atoms with E-state index in [2.05, 4.69) is 8.75 Å². The number of nitrogens with zero attached hydrogens (tertiary/aromatic N) is 3. The number of likely N-dealkylation sites (tertiary alicyclic amines) is 1. The van der Waals surface area contributed by atoms with Crippen LogP contribution in [0.25, 0.3) is 0 Å². The van der Waals surface area contributed by atoms with Crippen LogP contribution in [0.5, 0.6) is 11.5 Å². The van der Waals surface area contributed by atoms with E-state index in [1.807, 2.05) is 30.3 Å². The van der Waals surface area contributed by atoms with E-state index in [4.69, 9.17) is 4.74 Å². The SMILES string of the molecule is O=C(c1ccc(Oc2ccccc2)cc1)[C@@H]1CCCN(C(=O)c2cnsn2)C1. The van der Waals surface area contributed by atoms with Gasteiger partial charge in [-0.25, -0.2) is 0 Å². The molecule has 0 radical (unpaired) electrons. The summed E-state index contributed by atoms with van der Waals surface area (Å²) in [6.07, 6.45) is 3.05. The van der Waals surface area contributed by atoms with Crippen molar-refractivity contribution < 1.29 is 14.3 Å². The van der Waals surface area contributed by atoms with Gasteiger partial charge in [0.15, 0.2) is 11.5 Å². The van der Waals surface area contributed by atoms with Gasteiger partial charge in [-0.3, -0.25) is 9.59 Å². The molecule has 142 valence electrons. The number of rotatable bonds is 5. The van der Waals surface area contributed by atoms with Crippen LogP contribution in [0, 0.1) is 5.92 Å². The molecular formula is C21H19N3O3S. The number of para-hydroxylation sites is 1. The maximum absolute atomic E-state index is 12.9. The lowest BCUT2D eigenvalue weighted by Crippen LogP contribution is -2.42. The Morgan fingerprint density at radius 1 is 1.04 bits per heavy atom. The van der Waals surface area contributed by atoms with Crippen LogP contribution in [0.15, 0.2) is 60.8 Å². The van der Waals surface area contributed by atoms with Crippen molar-refractivity contribution in [2.75, 3.05) is 13.1 Å². The smallest absolute Gasteiger partial charge is 0.275 e. The number of piperidine rings is 1. The Kier molecular flexibility index (Phi) is 5.43. The van der Waals surface area contributed by atoms with Gasteiger partial charge in [0.05, 0.1) is 17.9 Å². The van der Waals surface area contributed by atoms with Crippen molar-refractivity contribution in [3.63, 3.8) is 0 Å². The van der Waals surface area contributed by atoms with Crippen LogP contribution in [-0.4, -0.2) is 38.4 Å². The Labute approximate surface area is 167 Å². The topological polar surface area (TPSA) is 72.4 Å². The number of benzene rings is 2. The number of Topliss-reactive ketones (excluding diaryl/α,β-unsaturated/α-hetero) is 1. The molecule has 1 fully saturated rings. The average molecular weight is 393 g/mol. The van der Waals surface area contributed by atoms with Crippen LogP contribution in [0.4, 0.5) is 0 Å². The fraction of sp³-hybridized carbons (Fsp3) is 0.238. The first-order valence-electron chi connectivity index (χ1n) is 9.15. The molecule has 1 aliphatic rings. The molecule has 2 heterocycles. The second-order valence-electron chi connectivity index (χ2n) is 6.69. The van der Waals surface area contributed by atoms with Crippen molar-refractivity contribution >= 4 is 23.4 Å². The maximum Gasteiger partial charge on any atom is 0.275 e. The second kappa shape index (κ2) is 8.31. The molecule has 4 rings (SSSR count).